The summed E-state index contributed by atoms with van der Waals surface area (Å²) in [5, 5.41) is 16.9. The molecule has 4 N–H and O–H groups in total. The van der Waals surface area contributed by atoms with Crippen molar-refractivity contribution in [1.29, 1.82) is 0 Å². The van der Waals surface area contributed by atoms with Crippen LogP contribution in [0.3, 0.4) is 0 Å². The van der Waals surface area contributed by atoms with Gasteiger partial charge in [-0.3, -0.25) is 9.59 Å². The molecule has 1 rings (SSSR count). The lowest BCUT2D eigenvalue weighted by molar-refractivity contribution is -0.154. The van der Waals surface area contributed by atoms with Gasteiger partial charge in [0.2, 0.25) is 5.91 Å². The molecule has 12 heteroatoms. The van der Waals surface area contributed by atoms with Crippen LogP contribution in [0.1, 0.15) is 39.7 Å². The van der Waals surface area contributed by atoms with Crippen molar-refractivity contribution < 1.29 is 43.3 Å². The Kier molecular flexibility index (Phi) is 11.7. The summed E-state index contributed by atoms with van der Waals surface area (Å²) < 4.78 is 14.6. The molecule has 1 aromatic rings. The van der Waals surface area contributed by atoms with Gasteiger partial charge in [-0.1, -0.05) is 30.3 Å². The lowest BCUT2D eigenvalue weighted by Crippen LogP contribution is -2.56. The van der Waals surface area contributed by atoms with Gasteiger partial charge in [0.25, 0.3) is 5.78 Å². The number of amides is 3. The Labute approximate surface area is 203 Å². The third-order valence-electron chi connectivity index (χ3n) is 4.37. The van der Waals surface area contributed by atoms with Gasteiger partial charge in [-0.25, -0.2) is 14.4 Å². The number of nitrogens with one attached hydrogen (secondary N) is 3. The third kappa shape index (κ3) is 11.3. The van der Waals surface area contributed by atoms with Crippen LogP contribution < -0.4 is 16.0 Å². The Balaban J connectivity index is 2.87. The molecule has 0 saturated heterocycles. The maximum absolute atomic E-state index is 12.8. The number of hydrogen-bond donors (Lipinski definition) is 4. The average molecular weight is 496 g/mol. The molecule has 0 heterocycles. The molecule has 35 heavy (non-hydrogen) atoms. The predicted octanol–water partition coefficient (Wildman–Crippen LogP) is 0.804. The highest BCUT2D eigenvalue weighted by atomic mass is 16.6. The summed E-state index contributed by atoms with van der Waals surface area (Å²) in [6.07, 6.45) is -3.22. The van der Waals surface area contributed by atoms with E-state index < -0.39 is 53.6 Å². The van der Waals surface area contributed by atoms with Gasteiger partial charge in [-0.05, 0) is 39.7 Å². The molecular weight excluding hydrogens is 462 g/mol. The molecule has 0 radical (unpaired) electrons. The van der Waals surface area contributed by atoms with Crippen molar-refractivity contribution in [2.45, 2.75) is 64.5 Å². The van der Waals surface area contributed by atoms with Gasteiger partial charge < -0.3 is 35.3 Å². The van der Waals surface area contributed by atoms with Crippen molar-refractivity contribution in [3.05, 3.63) is 35.9 Å². The van der Waals surface area contributed by atoms with E-state index in [0.29, 0.717) is 5.56 Å². The van der Waals surface area contributed by atoms with E-state index in [0.717, 1.165) is 7.11 Å². The second kappa shape index (κ2) is 13.9. The average Bonchev–Trinajstić information content (AvgIpc) is 2.78. The van der Waals surface area contributed by atoms with Crippen molar-refractivity contribution >= 4 is 29.8 Å². The summed E-state index contributed by atoms with van der Waals surface area (Å²) in [5.41, 5.74) is -0.0212. The van der Waals surface area contributed by atoms with Crippen LogP contribution in [-0.4, -0.2) is 72.4 Å². The summed E-state index contributed by atoms with van der Waals surface area (Å²) >= 11 is 0. The predicted molar refractivity (Wildman–Crippen MR) is 123 cm³/mol. The largest absolute Gasteiger partial charge is 0.463 e. The van der Waals surface area contributed by atoms with Gasteiger partial charge in [0.1, 0.15) is 24.3 Å². The highest BCUT2D eigenvalue weighted by Crippen LogP contribution is 2.07. The normalized spacial score (nSPS) is 13.4. The zero-order valence-electron chi connectivity index (χ0n) is 20.5. The first-order chi connectivity index (χ1) is 16.3. The Morgan fingerprint density at radius 3 is 2.17 bits per heavy atom. The van der Waals surface area contributed by atoms with Crippen LogP contribution in [0.2, 0.25) is 0 Å². The first-order valence-corrected chi connectivity index (χ1v) is 10.9. The second-order valence-corrected chi connectivity index (χ2v) is 8.56. The Morgan fingerprint density at radius 2 is 1.63 bits per heavy atom. The molecule has 0 aliphatic carbocycles. The minimum absolute atomic E-state index is 0.0612. The van der Waals surface area contributed by atoms with Crippen molar-refractivity contribution in [3.63, 3.8) is 0 Å². The van der Waals surface area contributed by atoms with Crippen LogP contribution in [0, 0.1) is 0 Å². The number of aliphatic hydroxyl groups is 1. The molecule has 0 aliphatic heterocycles. The summed E-state index contributed by atoms with van der Waals surface area (Å²) in [5.74, 6) is -3.32. The van der Waals surface area contributed by atoms with E-state index in [1.54, 1.807) is 51.1 Å². The number of ketones is 1. The zero-order valence-corrected chi connectivity index (χ0v) is 20.5. The highest BCUT2D eigenvalue weighted by Gasteiger charge is 2.34. The van der Waals surface area contributed by atoms with Crippen molar-refractivity contribution in [2.75, 3.05) is 13.7 Å². The topological polar surface area (TPSA) is 169 Å². The van der Waals surface area contributed by atoms with E-state index in [2.05, 4.69) is 20.7 Å². The molecule has 3 atom stereocenters. The zero-order chi connectivity index (χ0) is 26.6. The lowest BCUT2D eigenvalue weighted by atomic mass is 10.1. The van der Waals surface area contributed by atoms with Crippen LogP contribution in [0.4, 0.5) is 9.59 Å². The van der Waals surface area contributed by atoms with Crippen molar-refractivity contribution in [3.8, 4) is 0 Å². The van der Waals surface area contributed by atoms with Crippen LogP contribution in [-0.2, 0) is 35.2 Å². The van der Waals surface area contributed by atoms with E-state index in [1.807, 2.05) is 0 Å². The van der Waals surface area contributed by atoms with E-state index in [9.17, 15) is 29.1 Å². The number of esters is 1. The molecule has 194 valence electrons. The van der Waals surface area contributed by atoms with Crippen LogP contribution >= 0.6 is 0 Å². The SMILES string of the molecule is COC(=O)C(=O)[C@@H](NC(=O)[C@H](CCNC(=O)OC(C)(C)C)NC(=O)OCc1ccccc1)[C@@H](C)O. The Bertz CT molecular complexity index is 882. The van der Waals surface area contributed by atoms with E-state index in [1.165, 1.54) is 6.92 Å². The Morgan fingerprint density at radius 1 is 1.00 bits per heavy atom. The van der Waals surface area contributed by atoms with Crippen molar-refractivity contribution in [2.24, 2.45) is 0 Å². The van der Waals surface area contributed by atoms with E-state index in [-0.39, 0.29) is 19.6 Å². The maximum Gasteiger partial charge on any atom is 0.408 e. The fraction of sp³-hybridized carbons (Fsp3) is 0.522. The number of ether oxygens (including phenoxy) is 3. The number of Topliss-reactive ketones (excluding diaryl/α,β-unsaturated/α-hetero) is 1. The number of alkyl carbamates (subject to hydrolysis) is 2. The summed E-state index contributed by atoms with van der Waals surface area (Å²) in [7, 11) is 0.983. The number of hydrogen-bond acceptors (Lipinski definition) is 9. The second-order valence-electron chi connectivity index (χ2n) is 8.56. The molecule has 0 unspecified atom stereocenters. The van der Waals surface area contributed by atoms with E-state index in [4.69, 9.17) is 9.47 Å². The fourth-order valence-electron chi connectivity index (χ4n) is 2.70. The van der Waals surface area contributed by atoms with Gasteiger partial charge in [-0.2, -0.15) is 0 Å². The molecule has 3 amide bonds. The van der Waals surface area contributed by atoms with Crippen molar-refractivity contribution in [1.82, 2.24) is 16.0 Å². The number of carbonyl (C=O) groups is 5. The van der Waals surface area contributed by atoms with Gasteiger partial charge in [-0.15, -0.1) is 0 Å². The van der Waals surface area contributed by atoms with Gasteiger partial charge in [0, 0.05) is 6.54 Å². The molecule has 0 fully saturated rings. The third-order valence-corrected chi connectivity index (χ3v) is 4.37. The minimum Gasteiger partial charge on any atom is -0.463 e. The van der Waals surface area contributed by atoms with Crippen LogP contribution in [0.5, 0.6) is 0 Å². The maximum atomic E-state index is 12.8. The van der Waals surface area contributed by atoms with Gasteiger partial charge in [0.05, 0.1) is 13.2 Å². The molecule has 12 nitrogen and oxygen atoms in total. The van der Waals surface area contributed by atoms with Crippen LogP contribution in [0.15, 0.2) is 30.3 Å². The summed E-state index contributed by atoms with van der Waals surface area (Å²) in [6.45, 7) is 6.10. The number of rotatable bonds is 11. The van der Waals surface area contributed by atoms with Crippen LogP contribution in [0.25, 0.3) is 0 Å². The lowest BCUT2D eigenvalue weighted by Gasteiger charge is -2.24. The molecule has 1 aromatic carbocycles. The summed E-state index contributed by atoms with van der Waals surface area (Å²) in [4.78, 5) is 60.8. The molecular formula is C23H33N3O9. The highest BCUT2D eigenvalue weighted by molar-refractivity contribution is 6.36. The van der Waals surface area contributed by atoms with Gasteiger partial charge in [0.15, 0.2) is 0 Å². The van der Waals surface area contributed by atoms with Gasteiger partial charge >= 0.3 is 18.2 Å². The number of aliphatic hydroxyl groups excluding tert-OH is 1. The number of carbonyl (C=O) groups excluding carboxylic acids is 5. The first kappa shape index (κ1) is 29.4. The molecule has 0 saturated carbocycles. The molecule has 0 spiro atoms. The quantitative estimate of drug-likeness (QED) is 0.197. The standard InChI is InChI=1S/C23H33N3O9/c1-14(27)17(18(28)20(30)33-5)26-19(29)16(11-12-24-21(31)35-23(2,3)4)25-22(32)34-13-15-9-7-6-8-10-15/h6-10,14,16-17,27H,11-13H2,1-5H3,(H,24,31)(H,25,32)(H,26,29)/t14-,16+,17+/m1/s1. The first-order valence-electron chi connectivity index (χ1n) is 10.9. The molecule has 0 aliphatic rings. The minimum atomic E-state index is -1.61. The molecule has 0 bridgehead atoms. The fourth-order valence-corrected chi connectivity index (χ4v) is 2.70. The summed E-state index contributed by atoms with van der Waals surface area (Å²) in [6, 6.07) is 5.92. The smallest absolute Gasteiger partial charge is 0.408 e. The number of benzene rings is 1. The Hall–Kier alpha value is -3.67. The van der Waals surface area contributed by atoms with E-state index >= 15 is 0 Å². The molecule has 0 aromatic heterocycles. The monoisotopic (exact) mass is 495 g/mol. The number of methoxy groups -OCH3 is 1.